The zero-order chi connectivity index (χ0) is 26.4. The predicted octanol–water partition coefficient (Wildman–Crippen LogP) is 6.06. The third kappa shape index (κ3) is 5.30. The maximum atomic E-state index is 15.2. The van der Waals surface area contributed by atoms with Crippen LogP contribution in [0.25, 0.3) is 0 Å². The number of hydrogen-bond acceptors (Lipinski definition) is 6. The molecule has 2 aromatic carbocycles. The van der Waals surface area contributed by atoms with Crippen LogP contribution in [0.5, 0.6) is 5.75 Å². The van der Waals surface area contributed by atoms with Crippen LogP contribution in [0, 0.1) is 17.6 Å². The molecule has 0 amide bonds. The molecule has 0 aliphatic carbocycles. The van der Waals surface area contributed by atoms with Gasteiger partial charge in [0.15, 0.2) is 5.13 Å². The van der Waals surface area contributed by atoms with E-state index in [9.17, 15) is 26.0 Å². The molecule has 5 rings (SSSR count). The van der Waals surface area contributed by atoms with Gasteiger partial charge in [0.1, 0.15) is 22.3 Å². The predicted molar refractivity (Wildman–Crippen MR) is 127 cm³/mol. The molecule has 3 aromatic rings. The Morgan fingerprint density at radius 2 is 1.84 bits per heavy atom. The second-order valence-corrected chi connectivity index (χ2v) is 11.5. The van der Waals surface area contributed by atoms with Crippen molar-refractivity contribution in [1.29, 1.82) is 0 Å². The average molecular weight is 560 g/mol. The number of sulfonamides is 1. The van der Waals surface area contributed by atoms with E-state index in [0.717, 1.165) is 23.5 Å². The lowest BCUT2D eigenvalue weighted by Gasteiger charge is -2.46. The standard InChI is InChI=1S/C24H22F5N3O3S2/c25-16-3-1-14(2-4-16)20-11-15(24(27,28)29)5-8-32(20)19-6-9-35-21-13-22(18(26)12-17(19)21)37(33,34)31-23-30-7-10-36-23/h1-4,7,10,12-13,15,19-20H,5-6,8-9,11H2,(H,30,31)/t15-,19+,20+/m1/s1. The second-order valence-electron chi connectivity index (χ2n) is 8.98. The molecule has 37 heavy (non-hydrogen) atoms. The number of anilines is 1. The monoisotopic (exact) mass is 559 g/mol. The molecule has 1 N–H and O–H groups in total. The summed E-state index contributed by atoms with van der Waals surface area (Å²) < 4.78 is 103. The number of aromatic nitrogens is 1. The van der Waals surface area contributed by atoms with E-state index in [4.69, 9.17) is 4.74 Å². The Morgan fingerprint density at radius 1 is 1.08 bits per heavy atom. The number of piperidine rings is 1. The Hall–Kier alpha value is -2.77. The van der Waals surface area contributed by atoms with Crippen molar-refractivity contribution in [2.24, 2.45) is 5.92 Å². The summed E-state index contributed by atoms with van der Waals surface area (Å²) in [6.07, 6.45) is -2.98. The van der Waals surface area contributed by atoms with Gasteiger partial charge in [-0.25, -0.2) is 22.2 Å². The number of ether oxygens (including phenoxy) is 1. The molecule has 0 radical (unpaired) electrons. The number of alkyl halides is 3. The van der Waals surface area contributed by atoms with E-state index in [1.807, 2.05) is 4.90 Å². The average Bonchev–Trinajstić information content (AvgIpc) is 3.35. The molecule has 6 nitrogen and oxygen atoms in total. The Labute approximate surface area is 214 Å². The first kappa shape index (κ1) is 25.9. The lowest BCUT2D eigenvalue weighted by atomic mass is 9.84. The van der Waals surface area contributed by atoms with Gasteiger partial charge in [-0.05, 0) is 43.1 Å². The fraction of sp³-hybridized carbons (Fsp3) is 0.375. The minimum Gasteiger partial charge on any atom is -0.493 e. The molecule has 0 bridgehead atoms. The summed E-state index contributed by atoms with van der Waals surface area (Å²) in [6, 6.07) is 6.29. The van der Waals surface area contributed by atoms with E-state index in [2.05, 4.69) is 9.71 Å². The molecular weight excluding hydrogens is 537 g/mol. The van der Waals surface area contributed by atoms with Crippen LogP contribution >= 0.6 is 11.3 Å². The van der Waals surface area contributed by atoms with Crippen LogP contribution in [0.3, 0.4) is 0 Å². The summed E-state index contributed by atoms with van der Waals surface area (Å²) in [5.74, 6) is -2.90. The minimum absolute atomic E-state index is 0.0730. The molecule has 1 aromatic heterocycles. The number of fused-ring (bicyclic) bond motifs is 1. The lowest BCUT2D eigenvalue weighted by Crippen LogP contribution is -2.44. The van der Waals surface area contributed by atoms with Crippen LogP contribution in [0.2, 0.25) is 0 Å². The number of benzene rings is 2. The normalized spacial score (nSPS) is 22.8. The number of nitrogens with one attached hydrogen (secondary N) is 1. The summed E-state index contributed by atoms with van der Waals surface area (Å²) in [7, 11) is -4.30. The Bertz CT molecular complexity index is 1370. The van der Waals surface area contributed by atoms with Crippen molar-refractivity contribution in [2.75, 3.05) is 17.9 Å². The molecule has 198 valence electrons. The maximum absolute atomic E-state index is 15.2. The van der Waals surface area contributed by atoms with Gasteiger partial charge in [0.05, 0.1) is 12.5 Å². The molecule has 3 heterocycles. The Morgan fingerprint density at radius 3 is 2.51 bits per heavy atom. The van der Waals surface area contributed by atoms with E-state index in [-0.39, 0.29) is 36.9 Å². The van der Waals surface area contributed by atoms with Gasteiger partial charge in [0, 0.05) is 41.7 Å². The molecule has 2 aliphatic rings. The fourth-order valence-electron chi connectivity index (χ4n) is 5.03. The second kappa shape index (κ2) is 9.84. The number of likely N-dealkylation sites (tertiary alicyclic amines) is 1. The number of halogens is 5. The quantitative estimate of drug-likeness (QED) is 0.385. The van der Waals surface area contributed by atoms with Gasteiger partial charge in [-0.15, -0.1) is 11.3 Å². The molecule has 1 saturated heterocycles. The van der Waals surface area contributed by atoms with Gasteiger partial charge in [-0.1, -0.05) is 12.1 Å². The first-order chi connectivity index (χ1) is 17.5. The van der Waals surface area contributed by atoms with Gasteiger partial charge in [0.25, 0.3) is 10.0 Å². The van der Waals surface area contributed by atoms with Gasteiger partial charge < -0.3 is 4.74 Å². The largest absolute Gasteiger partial charge is 0.493 e. The molecule has 0 spiro atoms. The van der Waals surface area contributed by atoms with Gasteiger partial charge in [0.2, 0.25) is 0 Å². The van der Waals surface area contributed by atoms with E-state index in [0.29, 0.717) is 17.5 Å². The SMILES string of the molecule is O=S(=O)(Nc1nccs1)c1cc2c(cc1F)[C@@H](N1CC[C@@H](C(F)(F)F)C[C@H]1c1ccc(F)cc1)CCO2. The molecule has 13 heteroatoms. The van der Waals surface area contributed by atoms with Crippen LogP contribution in [0.4, 0.5) is 27.1 Å². The minimum atomic E-state index is -4.38. The van der Waals surface area contributed by atoms with Crippen LogP contribution in [-0.4, -0.2) is 37.6 Å². The van der Waals surface area contributed by atoms with Crippen molar-refractivity contribution < 1.29 is 35.1 Å². The summed E-state index contributed by atoms with van der Waals surface area (Å²) in [5, 5.41) is 1.64. The van der Waals surface area contributed by atoms with Crippen molar-refractivity contribution in [3.63, 3.8) is 0 Å². The first-order valence-corrected chi connectivity index (χ1v) is 13.9. The van der Waals surface area contributed by atoms with Crippen molar-refractivity contribution in [3.8, 4) is 5.75 Å². The molecule has 0 saturated carbocycles. The van der Waals surface area contributed by atoms with Gasteiger partial charge in [-0.3, -0.25) is 9.62 Å². The maximum Gasteiger partial charge on any atom is 0.391 e. The number of rotatable bonds is 5. The van der Waals surface area contributed by atoms with Gasteiger partial charge in [-0.2, -0.15) is 13.2 Å². The van der Waals surface area contributed by atoms with Crippen LogP contribution in [-0.2, 0) is 10.0 Å². The Balaban J connectivity index is 1.50. The summed E-state index contributed by atoms with van der Waals surface area (Å²) in [5.41, 5.74) is 0.880. The summed E-state index contributed by atoms with van der Waals surface area (Å²) in [6.45, 7) is 0.238. The van der Waals surface area contributed by atoms with Crippen molar-refractivity contribution in [3.05, 3.63) is 70.7 Å². The highest BCUT2D eigenvalue weighted by Gasteiger charge is 2.46. The molecule has 0 unspecified atom stereocenters. The number of hydrogen-bond donors (Lipinski definition) is 1. The van der Waals surface area contributed by atoms with Gasteiger partial charge >= 0.3 is 6.18 Å². The topological polar surface area (TPSA) is 71.5 Å². The fourth-order valence-corrected chi connectivity index (χ4v) is 6.90. The van der Waals surface area contributed by atoms with E-state index >= 15 is 4.39 Å². The third-order valence-electron chi connectivity index (χ3n) is 6.78. The number of thiazole rings is 1. The summed E-state index contributed by atoms with van der Waals surface area (Å²) >= 11 is 1.03. The van der Waals surface area contributed by atoms with E-state index < -0.39 is 50.7 Å². The zero-order valence-corrected chi connectivity index (χ0v) is 20.8. The van der Waals surface area contributed by atoms with Crippen molar-refractivity contribution in [1.82, 2.24) is 9.88 Å². The lowest BCUT2D eigenvalue weighted by molar-refractivity contribution is -0.192. The highest BCUT2D eigenvalue weighted by Crippen LogP contribution is 2.48. The van der Waals surface area contributed by atoms with Crippen LogP contribution < -0.4 is 9.46 Å². The summed E-state index contributed by atoms with van der Waals surface area (Å²) in [4.78, 5) is 5.09. The smallest absolute Gasteiger partial charge is 0.391 e. The van der Waals surface area contributed by atoms with Crippen molar-refractivity contribution >= 4 is 26.5 Å². The van der Waals surface area contributed by atoms with E-state index in [1.165, 1.54) is 30.5 Å². The van der Waals surface area contributed by atoms with E-state index in [1.54, 1.807) is 5.38 Å². The number of nitrogens with zero attached hydrogens (tertiary/aromatic N) is 2. The zero-order valence-electron chi connectivity index (χ0n) is 19.2. The molecule has 3 atom stereocenters. The highest BCUT2D eigenvalue weighted by atomic mass is 32.2. The van der Waals surface area contributed by atoms with Crippen molar-refractivity contribution in [2.45, 2.75) is 42.4 Å². The first-order valence-electron chi connectivity index (χ1n) is 11.5. The highest BCUT2D eigenvalue weighted by molar-refractivity contribution is 7.93. The van der Waals surface area contributed by atoms with Crippen LogP contribution in [0.15, 0.2) is 52.9 Å². The van der Waals surface area contributed by atoms with Crippen LogP contribution in [0.1, 0.15) is 42.5 Å². The Kier molecular flexibility index (Phi) is 6.88. The molecule has 2 aliphatic heterocycles. The molecular formula is C24H22F5N3O3S2. The molecule has 1 fully saturated rings. The third-order valence-corrected chi connectivity index (χ3v) is 8.95.